The van der Waals surface area contributed by atoms with Gasteiger partial charge in [-0.25, -0.2) is 28.2 Å². The molecule has 0 bridgehead atoms. The van der Waals surface area contributed by atoms with Crippen molar-refractivity contribution in [3.63, 3.8) is 0 Å². The fraction of sp³-hybridized carbons (Fsp3) is 0.0952. The van der Waals surface area contributed by atoms with Crippen molar-refractivity contribution in [2.24, 2.45) is 5.14 Å². The Hall–Kier alpha value is -3.81. The van der Waals surface area contributed by atoms with Crippen molar-refractivity contribution in [3.05, 3.63) is 78.4 Å². The molecule has 11 nitrogen and oxygen atoms in total. The van der Waals surface area contributed by atoms with E-state index in [1.54, 1.807) is 54.5 Å². The van der Waals surface area contributed by atoms with Gasteiger partial charge in [0.1, 0.15) is 5.75 Å². The molecule has 174 valence electrons. The molecular formula is C21H19N7O4S2. The summed E-state index contributed by atoms with van der Waals surface area (Å²) in [6, 6.07) is 14.4. The van der Waals surface area contributed by atoms with E-state index in [4.69, 9.17) is 9.88 Å². The van der Waals surface area contributed by atoms with E-state index >= 15 is 0 Å². The average molecular weight is 498 g/mol. The van der Waals surface area contributed by atoms with Crippen molar-refractivity contribution in [2.75, 3.05) is 12.4 Å². The van der Waals surface area contributed by atoms with Gasteiger partial charge in [-0.3, -0.25) is 4.79 Å². The molecule has 0 aliphatic carbocycles. The third-order valence-electron chi connectivity index (χ3n) is 4.62. The summed E-state index contributed by atoms with van der Waals surface area (Å²) in [6.45, 7) is 0. The lowest BCUT2D eigenvalue weighted by atomic mass is 10.2. The van der Waals surface area contributed by atoms with Crippen LogP contribution in [0.2, 0.25) is 0 Å². The van der Waals surface area contributed by atoms with Crippen LogP contribution in [0, 0.1) is 0 Å². The standard InChI is InChI=1S/C21H19N7O4S2/c1-32-16-7-5-15(6-8-16)28-18(13-33-21-23-11-2-12-24-21)19(26-27-28)20(29)25-14-3-9-17(10-4-14)34(22,30)31/h2-12H,13H2,1H3,(H,25,29)(H2,22,30,31). The topological polar surface area (TPSA) is 155 Å². The van der Waals surface area contributed by atoms with Crippen LogP contribution in [0.25, 0.3) is 5.69 Å². The van der Waals surface area contributed by atoms with Crippen LogP contribution in [-0.2, 0) is 15.8 Å². The lowest BCUT2D eigenvalue weighted by molar-refractivity contribution is 0.102. The van der Waals surface area contributed by atoms with Gasteiger partial charge in [-0.15, -0.1) is 5.10 Å². The molecule has 0 unspecified atom stereocenters. The fourth-order valence-electron chi connectivity index (χ4n) is 2.95. The van der Waals surface area contributed by atoms with Gasteiger partial charge in [0, 0.05) is 23.8 Å². The Bertz CT molecular complexity index is 1390. The van der Waals surface area contributed by atoms with Crippen molar-refractivity contribution >= 4 is 33.4 Å². The van der Waals surface area contributed by atoms with Crippen molar-refractivity contribution < 1.29 is 17.9 Å². The predicted molar refractivity (Wildman–Crippen MR) is 125 cm³/mol. The number of benzene rings is 2. The summed E-state index contributed by atoms with van der Waals surface area (Å²) in [6.07, 6.45) is 3.26. The Morgan fingerprint density at radius 2 is 1.76 bits per heavy atom. The molecule has 13 heteroatoms. The molecule has 2 aromatic carbocycles. The van der Waals surface area contributed by atoms with E-state index in [2.05, 4.69) is 25.6 Å². The van der Waals surface area contributed by atoms with Crippen LogP contribution in [0.5, 0.6) is 5.75 Å². The number of hydrogen-bond donors (Lipinski definition) is 2. The molecule has 2 heterocycles. The summed E-state index contributed by atoms with van der Waals surface area (Å²) >= 11 is 1.33. The molecule has 0 saturated heterocycles. The van der Waals surface area contributed by atoms with Gasteiger partial charge >= 0.3 is 0 Å². The van der Waals surface area contributed by atoms with Gasteiger partial charge in [0.05, 0.1) is 23.4 Å². The number of nitrogens with two attached hydrogens (primary N) is 1. The lowest BCUT2D eigenvalue weighted by Gasteiger charge is -2.09. The Labute approximate surface area is 199 Å². The highest BCUT2D eigenvalue weighted by Crippen LogP contribution is 2.24. The first-order valence-corrected chi connectivity index (χ1v) is 12.3. The van der Waals surface area contributed by atoms with E-state index in [-0.39, 0.29) is 10.6 Å². The molecule has 0 saturated carbocycles. The van der Waals surface area contributed by atoms with Gasteiger partial charge in [-0.1, -0.05) is 17.0 Å². The quantitative estimate of drug-likeness (QED) is 0.275. The smallest absolute Gasteiger partial charge is 0.278 e. The van der Waals surface area contributed by atoms with E-state index in [1.165, 1.54) is 36.0 Å². The Morgan fingerprint density at radius 1 is 1.09 bits per heavy atom. The molecule has 0 spiro atoms. The summed E-state index contributed by atoms with van der Waals surface area (Å²) in [5, 5.41) is 16.6. The molecule has 4 aromatic rings. The molecule has 3 N–H and O–H groups in total. The molecular weight excluding hydrogens is 478 g/mol. The maximum Gasteiger partial charge on any atom is 0.278 e. The summed E-state index contributed by atoms with van der Waals surface area (Å²) < 4.78 is 29.7. The largest absolute Gasteiger partial charge is 0.497 e. The van der Waals surface area contributed by atoms with Gasteiger partial charge in [-0.05, 0) is 54.6 Å². The molecule has 0 aliphatic heterocycles. The number of aromatic nitrogens is 5. The van der Waals surface area contributed by atoms with Gasteiger partial charge in [0.2, 0.25) is 10.0 Å². The molecule has 0 aliphatic rings. The number of ether oxygens (including phenoxy) is 1. The highest BCUT2D eigenvalue weighted by atomic mass is 32.2. The summed E-state index contributed by atoms with van der Waals surface area (Å²) in [4.78, 5) is 21.4. The molecule has 0 atom stereocenters. The zero-order chi connectivity index (χ0) is 24.1. The predicted octanol–water partition coefficient (Wildman–Crippen LogP) is 2.26. The zero-order valence-electron chi connectivity index (χ0n) is 17.8. The van der Waals surface area contributed by atoms with Crippen LogP contribution in [0.1, 0.15) is 16.2 Å². The number of hydrogen-bond acceptors (Lipinski definition) is 9. The van der Waals surface area contributed by atoms with E-state index in [9.17, 15) is 13.2 Å². The Morgan fingerprint density at radius 3 is 2.38 bits per heavy atom. The third-order valence-corrected chi connectivity index (χ3v) is 6.43. The van der Waals surface area contributed by atoms with Crippen molar-refractivity contribution in [1.82, 2.24) is 25.0 Å². The van der Waals surface area contributed by atoms with Crippen LogP contribution in [0.15, 0.2) is 77.0 Å². The average Bonchev–Trinajstić information content (AvgIpc) is 3.27. The fourth-order valence-corrected chi connectivity index (χ4v) is 4.26. The second kappa shape index (κ2) is 9.99. The first-order chi connectivity index (χ1) is 16.3. The number of rotatable bonds is 8. The van der Waals surface area contributed by atoms with E-state index in [0.717, 1.165) is 0 Å². The SMILES string of the molecule is COc1ccc(-n2nnc(C(=O)Nc3ccc(S(N)(=O)=O)cc3)c2CSc2ncccn2)cc1. The first-order valence-electron chi connectivity index (χ1n) is 9.78. The molecule has 34 heavy (non-hydrogen) atoms. The number of thioether (sulfide) groups is 1. The molecule has 4 rings (SSSR count). The molecule has 0 radical (unpaired) electrons. The molecule has 0 fully saturated rings. The number of primary sulfonamides is 1. The third kappa shape index (κ3) is 5.39. The number of carbonyl (C=O) groups excluding carboxylic acids is 1. The zero-order valence-corrected chi connectivity index (χ0v) is 19.5. The highest BCUT2D eigenvalue weighted by molar-refractivity contribution is 7.98. The number of nitrogens with one attached hydrogen (secondary N) is 1. The summed E-state index contributed by atoms with van der Waals surface area (Å²) in [5.74, 6) is 0.488. The van der Waals surface area contributed by atoms with E-state index in [1.807, 2.05) is 0 Å². The number of sulfonamides is 1. The Kier molecular flexibility index (Phi) is 6.86. The number of methoxy groups -OCH3 is 1. The van der Waals surface area contributed by atoms with Crippen molar-refractivity contribution in [2.45, 2.75) is 15.8 Å². The normalized spacial score (nSPS) is 11.2. The molecule has 1 amide bonds. The van der Waals surface area contributed by atoms with Crippen LogP contribution >= 0.6 is 11.8 Å². The first kappa shape index (κ1) is 23.4. The van der Waals surface area contributed by atoms with Crippen LogP contribution in [-0.4, -0.2) is 46.4 Å². The van der Waals surface area contributed by atoms with Gasteiger partial charge in [0.25, 0.3) is 5.91 Å². The van der Waals surface area contributed by atoms with Crippen LogP contribution in [0.3, 0.4) is 0 Å². The summed E-state index contributed by atoms with van der Waals surface area (Å²) in [5.41, 5.74) is 1.70. The number of carbonyl (C=O) groups is 1. The van der Waals surface area contributed by atoms with Crippen LogP contribution < -0.4 is 15.2 Å². The van der Waals surface area contributed by atoms with Crippen LogP contribution in [0.4, 0.5) is 5.69 Å². The minimum atomic E-state index is -3.83. The van der Waals surface area contributed by atoms with Crippen molar-refractivity contribution in [3.8, 4) is 11.4 Å². The monoisotopic (exact) mass is 497 g/mol. The minimum absolute atomic E-state index is 0.0594. The number of nitrogens with zero attached hydrogens (tertiary/aromatic N) is 5. The van der Waals surface area contributed by atoms with Gasteiger partial charge < -0.3 is 10.1 Å². The summed E-state index contributed by atoms with van der Waals surface area (Å²) in [7, 11) is -2.26. The second-order valence-corrected chi connectivity index (χ2v) is 9.34. The Balaban J connectivity index is 1.63. The molecule has 2 aromatic heterocycles. The van der Waals surface area contributed by atoms with E-state index < -0.39 is 15.9 Å². The van der Waals surface area contributed by atoms with Crippen molar-refractivity contribution in [1.29, 1.82) is 0 Å². The second-order valence-electron chi connectivity index (χ2n) is 6.84. The van der Waals surface area contributed by atoms with Gasteiger partial charge in [-0.2, -0.15) is 0 Å². The number of amides is 1. The lowest BCUT2D eigenvalue weighted by Crippen LogP contribution is -2.16. The maximum atomic E-state index is 13.0. The highest BCUT2D eigenvalue weighted by Gasteiger charge is 2.22. The van der Waals surface area contributed by atoms with Gasteiger partial charge in [0.15, 0.2) is 10.9 Å². The minimum Gasteiger partial charge on any atom is -0.497 e. The van der Waals surface area contributed by atoms with E-state index in [0.29, 0.717) is 33.7 Å². The number of anilines is 1. The maximum absolute atomic E-state index is 13.0.